The van der Waals surface area contributed by atoms with Gasteiger partial charge in [0.2, 0.25) is 0 Å². The van der Waals surface area contributed by atoms with Crippen LogP contribution in [0, 0.1) is 5.41 Å². The number of carboxylic acids is 1. The third kappa shape index (κ3) is 5.96. The first-order valence-electron chi connectivity index (χ1n) is 4.61. The maximum absolute atomic E-state index is 11.2. The van der Waals surface area contributed by atoms with E-state index in [4.69, 9.17) is 5.11 Å². The Labute approximate surface area is 85.2 Å². The van der Waals surface area contributed by atoms with Crippen LogP contribution in [-0.4, -0.2) is 31.0 Å². The molecule has 0 aromatic rings. The molecule has 5 heteroatoms. The average Bonchev–Trinajstić information content (AvgIpc) is 1.99. The molecule has 0 heterocycles. The van der Waals surface area contributed by atoms with Crippen molar-refractivity contribution >= 4 is 15.8 Å². The molecule has 0 rings (SSSR count). The fourth-order valence-electron chi connectivity index (χ4n) is 1.07. The first kappa shape index (κ1) is 13.4. The molecule has 0 radical (unpaired) electrons. The van der Waals surface area contributed by atoms with Crippen LogP contribution in [0.5, 0.6) is 0 Å². The summed E-state index contributed by atoms with van der Waals surface area (Å²) in [6.45, 7) is 5.14. The van der Waals surface area contributed by atoms with Crippen LogP contribution in [0.3, 0.4) is 0 Å². The van der Waals surface area contributed by atoms with E-state index in [1.54, 1.807) is 20.8 Å². The van der Waals surface area contributed by atoms with Crippen molar-refractivity contribution in [3.8, 4) is 0 Å². The number of carboxylic acid groups (broad SMARTS) is 1. The van der Waals surface area contributed by atoms with Gasteiger partial charge in [-0.2, -0.15) is 0 Å². The van der Waals surface area contributed by atoms with Gasteiger partial charge in [-0.15, -0.1) is 0 Å². The zero-order chi connectivity index (χ0) is 11.4. The second kappa shape index (κ2) is 4.77. The van der Waals surface area contributed by atoms with Crippen LogP contribution in [0.25, 0.3) is 0 Å². The largest absolute Gasteiger partial charge is 0.481 e. The van der Waals surface area contributed by atoms with Gasteiger partial charge in [-0.05, 0) is 11.8 Å². The number of hydrogen-bond donors (Lipinski definition) is 1. The molecule has 1 N–H and O–H groups in total. The van der Waals surface area contributed by atoms with Crippen LogP contribution in [0.1, 0.15) is 33.6 Å². The molecular formula is C9H18O4S. The minimum absolute atomic E-state index is 0.00618. The molecule has 0 saturated carbocycles. The van der Waals surface area contributed by atoms with Gasteiger partial charge in [0.25, 0.3) is 0 Å². The number of carbonyl (C=O) groups is 1. The van der Waals surface area contributed by atoms with Gasteiger partial charge in [-0.1, -0.05) is 20.8 Å². The Hall–Kier alpha value is -0.580. The summed E-state index contributed by atoms with van der Waals surface area (Å²) in [5.41, 5.74) is -0.450. The minimum Gasteiger partial charge on any atom is -0.481 e. The highest BCUT2D eigenvalue weighted by Crippen LogP contribution is 2.25. The van der Waals surface area contributed by atoms with Crippen molar-refractivity contribution in [1.82, 2.24) is 0 Å². The standard InChI is InChI=1S/C9H18O4S/c1-4-14(12,13)6-5-9(2,3)7-8(10)11/h4-7H2,1-3H3,(H,10,11). The van der Waals surface area contributed by atoms with E-state index in [1.165, 1.54) is 0 Å². The summed E-state index contributed by atoms with van der Waals surface area (Å²) < 4.78 is 22.4. The second-order valence-electron chi connectivity index (χ2n) is 4.22. The van der Waals surface area contributed by atoms with E-state index in [-0.39, 0.29) is 17.9 Å². The van der Waals surface area contributed by atoms with Crippen LogP contribution in [0.2, 0.25) is 0 Å². The lowest BCUT2D eigenvalue weighted by molar-refractivity contribution is -0.139. The van der Waals surface area contributed by atoms with E-state index in [0.29, 0.717) is 6.42 Å². The topological polar surface area (TPSA) is 71.4 Å². The summed E-state index contributed by atoms with van der Waals surface area (Å²) in [5.74, 6) is -0.691. The van der Waals surface area contributed by atoms with Crippen molar-refractivity contribution in [2.24, 2.45) is 5.41 Å². The fraction of sp³-hybridized carbons (Fsp3) is 0.889. The van der Waals surface area contributed by atoms with Crippen molar-refractivity contribution in [2.45, 2.75) is 33.6 Å². The van der Waals surface area contributed by atoms with E-state index in [2.05, 4.69) is 0 Å². The molecule has 84 valence electrons. The fourth-order valence-corrected chi connectivity index (χ4v) is 2.23. The summed E-state index contributed by atoms with van der Waals surface area (Å²) in [7, 11) is -2.98. The lowest BCUT2D eigenvalue weighted by Crippen LogP contribution is -2.21. The smallest absolute Gasteiger partial charge is 0.303 e. The van der Waals surface area contributed by atoms with E-state index in [9.17, 15) is 13.2 Å². The third-order valence-corrected chi connectivity index (χ3v) is 3.87. The van der Waals surface area contributed by atoms with E-state index < -0.39 is 21.2 Å². The van der Waals surface area contributed by atoms with Gasteiger partial charge >= 0.3 is 5.97 Å². The van der Waals surface area contributed by atoms with E-state index >= 15 is 0 Å². The highest BCUT2D eigenvalue weighted by molar-refractivity contribution is 7.91. The molecule has 0 aromatic heterocycles. The van der Waals surface area contributed by atoms with Gasteiger partial charge in [0.05, 0.1) is 12.2 Å². The normalized spacial score (nSPS) is 12.8. The predicted octanol–water partition coefficient (Wildman–Crippen LogP) is 1.31. The summed E-state index contributed by atoms with van der Waals surface area (Å²) in [5, 5.41) is 8.59. The number of sulfone groups is 1. The molecule has 14 heavy (non-hydrogen) atoms. The summed E-state index contributed by atoms with van der Waals surface area (Å²) in [6, 6.07) is 0. The average molecular weight is 222 g/mol. The van der Waals surface area contributed by atoms with Crippen LogP contribution >= 0.6 is 0 Å². The Kier molecular flexibility index (Phi) is 4.58. The van der Waals surface area contributed by atoms with Gasteiger partial charge in [0.1, 0.15) is 9.84 Å². The van der Waals surface area contributed by atoms with Crippen LogP contribution < -0.4 is 0 Å². The molecule has 0 atom stereocenters. The lowest BCUT2D eigenvalue weighted by atomic mass is 9.87. The van der Waals surface area contributed by atoms with Crippen LogP contribution in [0.4, 0.5) is 0 Å². The molecule has 0 bridgehead atoms. The first-order chi connectivity index (χ1) is 6.18. The van der Waals surface area contributed by atoms with Crippen molar-refractivity contribution in [1.29, 1.82) is 0 Å². The third-order valence-electron chi connectivity index (χ3n) is 2.16. The molecule has 4 nitrogen and oxygen atoms in total. The zero-order valence-corrected chi connectivity index (χ0v) is 9.73. The summed E-state index contributed by atoms with van der Waals surface area (Å²) in [6.07, 6.45) is 0.404. The molecule has 0 aliphatic heterocycles. The van der Waals surface area contributed by atoms with Gasteiger partial charge in [0, 0.05) is 5.75 Å². The molecule has 0 fully saturated rings. The van der Waals surface area contributed by atoms with Crippen molar-refractivity contribution in [2.75, 3.05) is 11.5 Å². The Bertz CT molecular complexity index is 290. The molecule has 0 saturated heterocycles. The molecule has 0 amide bonds. The van der Waals surface area contributed by atoms with Crippen molar-refractivity contribution in [3.05, 3.63) is 0 Å². The second-order valence-corrected chi connectivity index (χ2v) is 6.69. The number of hydrogen-bond acceptors (Lipinski definition) is 3. The Morgan fingerprint density at radius 2 is 1.86 bits per heavy atom. The maximum Gasteiger partial charge on any atom is 0.303 e. The van der Waals surface area contributed by atoms with Gasteiger partial charge in [0.15, 0.2) is 0 Å². The number of rotatable bonds is 6. The van der Waals surface area contributed by atoms with Gasteiger partial charge in [-0.3, -0.25) is 4.79 Å². The van der Waals surface area contributed by atoms with Crippen molar-refractivity contribution in [3.63, 3.8) is 0 Å². The SMILES string of the molecule is CCS(=O)(=O)CCC(C)(C)CC(=O)O. The number of aliphatic carboxylic acids is 1. The molecular weight excluding hydrogens is 204 g/mol. The predicted molar refractivity (Wildman–Crippen MR) is 55.0 cm³/mol. The Morgan fingerprint density at radius 3 is 2.21 bits per heavy atom. The molecule has 0 aliphatic carbocycles. The van der Waals surface area contributed by atoms with Crippen LogP contribution in [-0.2, 0) is 14.6 Å². The Morgan fingerprint density at radius 1 is 1.36 bits per heavy atom. The van der Waals surface area contributed by atoms with Gasteiger partial charge < -0.3 is 5.11 Å². The molecule has 0 spiro atoms. The highest BCUT2D eigenvalue weighted by Gasteiger charge is 2.23. The highest BCUT2D eigenvalue weighted by atomic mass is 32.2. The van der Waals surface area contributed by atoms with Gasteiger partial charge in [-0.25, -0.2) is 8.42 Å². The minimum atomic E-state index is -2.98. The quantitative estimate of drug-likeness (QED) is 0.735. The van der Waals surface area contributed by atoms with E-state index in [1.807, 2.05) is 0 Å². The summed E-state index contributed by atoms with van der Waals surface area (Å²) >= 11 is 0. The van der Waals surface area contributed by atoms with Crippen molar-refractivity contribution < 1.29 is 18.3 Å². The monoisotopic (exact) mass is 222 g/mol. The maximum atomic E-state index is 11.2. The van der Waals surface area contributed by atoms with E-state index in [0.717, 1.165) is 0 Å². The zero-order valence-electron chi connectivity index (χ0n) is 8.91. The summed E-state index contributed by atoms with van der Waals surface area (Å²) in [4.78, 5) is 10.5. The first-order valence-corrected chi connectivity index (χ1v) is 6.43. The lowest BCUT2D eigenvalue weighted by Gasteiger charge is -2.21. The molecule has 0 unspecified atom stereocenters. The molecule has 0 aliphatic rings. The Balaban J connectivity index is 4.18. The molecule has 0 aromatic carbocycles. The van der Waals surface area contributed by atoms with Crippen LogP contribution in [0.15, 0.2) is 0 Å².